The van der Waals surface area contributed by atoms with E-state index < -0.39 is 0 Å². The Bertz CT molecular complexity index is 783. The number of aryl methyl sites for hydroxylation is 1. The second-order valence-corrected chi connectivity index (χ2v) is 6.70. The van der Waals surface area contributed by atoms with E-state index in [9.17, 15) is 4.79 Å². The molecule has 0 N–H and O–H groups in total. The number of carbonyl (C=O) groups is 1. The summed E-state index contributed by atoms with van der Waals surface area (Å²) in [6, 6.07) is 5.39. The van der Waals surface area contributed by atoms with Gasteiger partial charge in [-0.2, -0.15) is 5.10 Å². The molecule has 2 heterocycles. The van der Waals surface area contributed by atoms with E-state index in [2.05, 4.69) is 0 Å². The van der Waals surface area contributed by atoms with E-state index >= 15 is 0 Å². The maximum absolute atomic E-state index is 13.1. The molecule has 134 valence electrons. The first-order chi connectivity index (χ1) is 12.1. The van der Waals surface area contributed by atoms with Crippen molar-refractivity contribution in [3.05, 3.63) is 45.2 Å². The Morgan fingerprint density at radius 2 is 1.88 bits per heavy atom. The van der Waals surface area contributed by atoms with Gasteiger partial charge >= 0.3 is 0 Å². The predicted molar refractivity (Wildman–Crippen MR) is 99.1 cm³/mol. The van der Waals surface area contributed by atoms with E-state index in [1.54, 1.807) is 12.1 Å². The van der Waals surface area contributed by atoms with E-state index in [0.29, 0.717) is 54.8 Å². The van der Waals surface area contributed by atoms with Crippen molar-refractivity contribution in [2.24, 2.45) is 0 Å². The van der Waals surface area contributed by atoms with Crippen molar-refractivity contribution < 1.29 is 9.53 Å². The van der Waals surface area contributed by atoms with Crippen LogP contribution in [0, 0.1) is 0 Å². The molecule has 0 saturated carbocycles. The lowest BCUT2D eigenvalue weighted by Crippen LogP contribution is -2.41. The minimum atomic E-state index is 0.0308. The molecule has 1 aromatic carbocycles. The van der Waals surface area contributed by atoms with Gasteiger partial charge in [-0.1, -0.05) is 37.0 Å². The van der Waals surface area contributed by atoms with Crippen molar-refractivity contribution in [2.75, 3.05) is 26.3 Å². The molecule has 1 aromatic heterocycles. The highest BCUT2D eigenvalue weighted by atomic mass is 35.5. The van der Waals surface area contributed by atoms with Crippen molar-refractivity contribution in [1.82, 2.24) is 14.7 Å². The topological polar surface area (TPSA) is 47.4 Å². The minimum absolute atomic E-state index is 0.0308. The molecular weight excluding hydrogens is 361 g/mol. The average molecular weight is 382 g/mol. The smallest absolute Gasteiger partial charge is 0.257 e. The quantitative estimate of drug-likeness (QED) is 0.809. The number of ether oxygens (including phenoxy) is 1. The molecule has 1 saturated heterocycles. The number of hydrogen-bond donors (Lipinski definition) is 0. The third-order valence-electron chi connectivity index (χ3n) is 4.38. The van der Waals surface area contributed by atoms with Crippen LogP contribution in [0.25, 0.3) is 5.69 Å². The van der Waals surface area contributed by atoms with Crippen LogP contribution >= 0.6 is 23.2 Å². The van der Waals surface area contributed by atoms with Gasteiger partial charge in [0.1, 0.15) is 0 Å². The summed E-state index contributed by atoms with van der Waals surface area (Å²) in [4.78, 5) is 14.9. The van der Waals surface area contributed by atoms with Crippen molar-refractivity contribution in [2.45, 2.75) is 26.7 Å². The summed E-state index contributed by atoms with van der Waals surface area (Å²) in [5.74, 6) is 0.0308. The van der Waals surface area contributed by atoms with Crippen LogP contribution in [-0.4, -0.2) is 46.9 Å². The summed E-state index contributed by atoms with van der Waals surface area (Å²) in [5.41, 5.74) is 3.21. The summed E-state index contributed by atoms with van der Waals surface area (Å²) < 4.78 is 7.17. The zero-order valence-electron chi connectivity index (χ0n) is 14.4. The normalized spacial score (nSPS) is 14.8. The molecule has 0 spiro atoms. The van der Waals surface area contributed by atoms with Crippen molar-refractivity contribution in [3.63, 3.8) is 0 Å². The van der Waals surface area contributed by atoms with Gasteiger partial charge in [0.05, 0.1) is 45.9 Å². The molecule has 1 aliphatic heterocycles. The molecule has 1 amide bonds. The second kappa shape index (κ2) is 7.77. The first-order valence-corrected chi connectivity index (χ1v) is 9.25. The zero-order chi connectivity index (χ0) is 18.0. The number of carbonyl (C=O) groups excluding carboxylic acids is 1. The third kappa shape index (κ3) is 3.54. The van der Waals surface area contributed by atoms with E-state index in [-0.39, 0.29) is 5.91 Å². The number of rotatable bonds is 4. The van der Waals surface area contributed by atoms with Gasteiger partial charge in [0.15, 0.2) is 0 Å². The fourth-order valence-electron chi connectivity index (χ4n) is 3.08. The molecule has 1 aliphatic rings. The lowest BCUT2D eigenvalue weighted by molar-refractivity contribution is 0.0301. The van der Waals surface area contributed by atoms with Gasteiger partial charge in [-0.15, -0.1) is 0 Å². The van der Waals surface area contributed by atoms with Gasteiger partial charge in [-0.05, 0) is 31.0 Å². The van der Waals surface area contributed by atoms with Gasteiger partial charge in [-0.3, -0.25) is 4.79 Å². The summed E-state index contributed by atoms with van der Waals surface area (Å²) in [6.07, 6.45) is 1.38. The lowest BCUT2D eigenvalue weighted by Gasteiger charge is -2.27. The molecule has 0 radical (unpaired) electrons. The Balaban J connectivity index is 2.07. The van der Waals surface area contributed by atoms with Crippen LogP contribution in [0.5, 0.6) is 0 Å². The molecule has 25 heavy (non-hydrogen) atoms. The third-order valence-corrected chi connectivity index (χ3v) is 5.12. The lowest BCUT2D eigenvalue weighted by atomic mass is 10.1. The van der Waals surface area contributed by atoms with Crippen molar-refractivity contribution in [1.29, 1.82) is 0 Å². The molecule has 1 fully saturated rings. The molecule has 0 atom stereocenters. The van der Waals surface area contributed by atoms with E-state index in [1.165, 1.54) is 0 Å². The second-order valence-electron chi connectivity index (χ2n) is 5.89. The van der Waals surface area contributed by atoms with Gasteiger partial charge < -0.3 is 9.64 Å². The van der Waals surface area contributed by atoms with E-state index in [1.807, 2.05) is 29.5 Å². The summed E-state index contributed by atoms with van der Waals surface area (Å²) in [7, 11) is 0. The Morgan fingerprint density at radius 3 is 2.48 bits per heavy atom. The zero-order valence-corrected chi connectivity index (χ0v) is 15.9. The monoisotopic (exact) mass is 381 g/mol. The standard InChI is InChI=1S/C18H21Cl2N3O2/c1-3-15-17(18(24)22-7-9-25-10-8-22)16(4-2)23(21-15)12-5-6-13(19)14(20)11-12/h5-6,11H,3-4,7-10H2,1-2H3. The number of morpholine rings is 1. The molecular formula is C18H21Cl2N3O2. The van der Waals surface area contributed by atoms with Crippen LogP contribution in [0.3, 0.4) is 0 Å². The SMILES string of the molecule is CCc1nn(-c2ccc(Cl)c(Cl)c2)c(CC)c1C(=O)N1CCOCC1. The Kier molecular flexibility index (Phi) is 5.67. The van der Waals surface area contributed by atoms with E-state index in [4.69, 9.17) is 33.0 Å². The molecule has 7 heteroatoms. The van der Waals surface area contributed by atoms with Gasteiger partial charge in [0.25, 0.3) is 5.91 Å². The number of nitrogens with zero attached hydrogens (tertiary/aromatic N) is 3. The van der Waals surface area contributed by atoms with Crippen LogP contribution in [0.4, 0.5) is 0 Å². The first-order valence-electron chi connectivity index (χ1n) is 8.50. The Hall–Kier alpha value is -1.56. The molecule has 5 nitrogen and oxygen atoms in total. The highest BCUT2D eigenvalue weighted by Crippen LogP contribution is 2.27. The molecule has 0 bridgehead atoms. The largest absolute Gasteiger partial charge is 0.378 e. The fourth-order valence-corrected chi connectivity index (χ4v) is 3.37. The Labute approximate surface area is 157 Å². The van der Waals surface area contributed by atoms with Crippen molar-refractivity contribution >= 4 is 29.1 Å². The molecule has 2 aromatic rings. The predicted octanol–water partition coefficient (Wildman–Crippen LogP) is 3.78. The van der Waals surface area contributed by atoms with Crippen LogP contribution in [-0.2, 0) is 17.6 Å². The van der Waals surface area contributed by atoms with Crippen LogP contribution in [0.15, 0.2) is 18.2 Å². The maximum atomic E-state index is 13.1. The average Bonchev–Trinajstić information content (AvgIpc) is 3.02. The highest BCUT2D eigenvalue weighted by molar-refractivity contribution is 6.42. The first kappa shape index (κ1) is 18.2. The van der Waals surface area contributed by atoms with Crippen LogP contribution in [0.2, 0.25) is 10.0 Å². The van der Waals surface area contributed by atoms with Crippen LogP contribution in [0.1, 0.15) is 35.6 Å². The highest BCUT2D eigenvalue weighted by Gasteiger charge is 2.27. The minimum Gasteiger partial charge on any atom is -0.378 e. The van der Waals surface area contributed by atoms with Crippen molar-refractivity contribution in [3.8, 4) is 5.69 Å². The van der Waals surface area contributed by atoms with Gasteiger partial charge in [0, 0.05) is 13.1 Å². The van der Waals surface area contributed by atoms with Gasteiger partial charge in [0.2, 0.25) is 0 Å². The number of hydrogen-bond acceptors (Lipinski definition) is 3. The van der Waals surface area contributed by atoms with Gasteiger partial charge in [-0.25, -0.2) is 4.68 Å². The summed E-state index contributed by atoms with van der Waals surface area (Å²) in [5, 5.41) is 5.66. The number of amides is 1. The molecule has 3 rings (SSSR count). The maximum Gasteiger partial charge on any atom is 0.257 e. The fraction of sp³-hybridized carbons (Fsp3) is 0.444. The van der Waals surface area contributed by atoms with Crippen LogP contribution < -0.4 is 0 Å². The summed E-state index contributed by atoms with van der Waals surface area (Å²) >= 11 is 12.2. The number of halogens is 2. The number of aromatic nitrogens is 2. The number of benzene rings is 1. The Morgan fingerprint density at radius 1 is 1.16 bits per heavy atom. The summed E-state index contributed by atoms with van der Waals surface area (Å²) in [6.45, 7) is 6.43. The molecule has 0 aliphatic carbocycles. The molecule has 0 unspecified atom stereocenters. The van der Waals surface area contributed by atoms with E-state index in [0.717, 1.165) is 17.1 Å².